The molecule has 5 nitrogen and oxygen atoms in total. The van der Waals surface area contributed by atoms with Gasteiger partial charge in [0, 0.05) is 11.4 Å². The van der Waals surface area contributed by atoms with E-state index in [-0.39, 0.29) is 22.8 Å². The zero-order valence-corrected chi connectivity index (χ0v) is 12.8. The van der Waals surface area contributed by atoms with E-state index in [1.54, 1.807) is 23.5 Å². The molecular formula is C13H15ClN4OS. The predicted octanol–water partition coefficient (Wildman–Crippen LogP) is 2.22. The van der Waals surface area contributed by atoms with Crippen LogP contribution in [-0.2, 0) is 0 Å². The van der Waals surface area contributed by atoms with E-state index in [0.29, 0.717) is 6.54 Å². The van der Waals surface area contributed by atoms with Gasteiger partial charge in [0.25, 0.3) is 5.91 Å². The molecule has 1 N–H and O–H groups in total. The summed E-state index contributed by atoms with van der Waals surface area (Å²) in [5.41, 5.74) is 0.262. The van der Waals surface area contributed by atoms with Crippen LogP contribution in [0.1, 0.15) is 21.4 Å². The molecule has 0 aliphatic carbocycles. The van der Waals surface area contributed by atoms with Crippen LogP contribution in [0.4, 0.5) is 0 Å². The molecule has 7 heteroatoms. The molecule has 2 aromatic rings. The fraction of sp³-hybridized carbons (Fsp3) is 0.308. The van der Waals surface area contributed by atoms with Gasteiger partial charge in [0.15, 0.2) is 10.8 Å². The lowest BCUT2D eigenvalue weighted by Gasteiger charge is -2.23. The fourth-order valence-corrected chi connectivity index (χ4v) is 2.76. The van der Waals surface area contributed by atoms with Crippen LogP contribution in [0, 0.1) is 0 Å². The van der Waals surface area contributed by atoms with Crippen molar-refractivity contribution in [2.45, 2.75) is 6.04 Å². The summed E-state index contributed by atoms with van der Waals surface area (Å²) in [6.45, 7) is 0.511. The second kappa shape index (κ2) is 6.78. The topological polar surface area (TPSA) is 58.1 Å². The molecule has 2 rings (SSSR count). The Labute approximate surface area is 126 Å². The van der Waals surface area contributed by atoms with Crippen molar-refractivity contribution in [1.82, 2.24) is 20.4 Å². The molecule has 106 valence electrons. The van der Waals surface area contributed by atoms with Crippen LogP contribution >= 0.6 is 22.9 Å². The van der Waals surface area contributed by atoms with Crippen molar-refractivity contribution in [1.29, 1.82) is 0 Å². The van der Waals surface area contributed by atoms with Gasteiger partial charge in [-0.25, -0.2) is 0 Å². The number of carbonyl (C=O) groups excluding carboxylic acids is 1. The van der Waals surface area contributed by atoms with Crippen LogP contribution in [-0.4, -0.2) is 41.6 Å². The van der Waals surface area contributed by atoms with Gasteiger partial charge in [-0.2, -0.15) is 0 Å². The lowest BCUT2D eigenvalue weighted by Crippen LogP contribution is -2.34. The quantitative estimate of drug-likeness (QED) is 0.920. The number of hydrogen-bond donors (Lipinski definition) is 1. The molecule has 2 aromatic heterocycles. The van der Waals surface area contributed by atoms with Gasteiger partial charge in [0.2, 0.25) is 0 Å². The van der Waals surface area contributed by atoms with E-state index in [1.807, 2.05) is 25.5 Å². The highest BCUT2D eigenvalue weighted by Gasteiger charge is 2.17. The smallest absolute Gasteiger partial charge is 0.271 e. The first-order valence-electron chi connectivity index (χ1n) is 6.05. The van der Waals surface area contributed by atoms with E-state index in [1.165, 1.54) is 4.88 Å². The molecule has 0 aliphatic heterocycles. The maximum atomic E-state index is 12.0. The Morgan fingerprint density at radius 1 is 1.40 bits per heavy atom. The number of rotatable bonds is 5. The minimum atomic E-state index is -0.252. The highest BCUT2D eigenvalue weighted by atomic mass is 35.5. The molecule has 0 aliphatic rings. The molecule has 0 fully saturated rings. The summed E-state index contributed by atoms with van der Waals surface area (Å²) < 4.78 is 0. The Morgan fingerprint density at radius 2 is 2.20 bits per heavy atom. The van der Waals surface area contributed by atoms with E-state index >= 15 is 0 Å². The van der Waals surface area contributed by atoms with Crippen LogP contribution in [0.3, 0.4) is 0 Å². The first-order chi connectivity index (χ1) is 9.58. The van der Waals surface area contributed by atoms with Crippen LogP contribution in [0.25, 0.3) is 0 Å². The average molecular weight is 311 g/mol. The van der Waals surface area contributed by atoms with Crippen LogP contribution < -0.4 is 5.32 Å². The number of amides is 1. The highest BCUT2D eigenvalue weighted by Crippen LogP contribution is 2.22. The van der Waals surface area contributed by atoms with Gasteiger partial charge in [0.05, 0.1) is 6.04 Å². The predicted molar refractivity (Wildman–Crippen MR) is 80.1 cm³/mol. The second-order valence-electron chi connectivity index (χ2n) is 4.45. The zero-order valence-electron chi connectivity index (χ0n) is 11.2. The van der Waals surface area contributed by atoms with Crippen LogP contribution in [0.2, 0.25) is 5.15 Å². The number of carbonyl (C=O) groups is 1. The van der Waals surface area contributed by atoms with Gasteiger partial charge in [-0.15, -0.1) is 21.5 Å². The molecule has 1 amide bonds. The lowest BCUT2D eigenvalue weighted by molar-refractivity contribution is 0.0936. The third-order valence-corrected chi connectivity index (χ3v) is 3.99. The monoisotopic (exact) mass is 310 g/mol. The summed E-state index contributed by atoms with van der Waals surface area (Å²) in [6.07, 6.45) is 0. The van der Waals surface area contributed by atoms with E-state index < -0.39 is 0 Å². The molecule has 1 unspecified atom stereocenters. The van der Waals surface area contributed by atoms with Gasteiger partial charge in [-0.05, 0) is 37.7 Å². The average Bonchev–Trinajstić information content (AvgIpc) is 2.93. The van der Waals surface area contributed by atoms with E-state index in [0.717, 1.165) is 0 Å². The van der Waals surface area contributed by atoms with Crippen molar-refractivity contribution >= 4 is 28.8 Å². The number of nitrogens with zero attached hydrogens (tertiary/aromatic N) is 3. The third-order valence-electron chi connectivity index (χ3n) is 2.82. The number of halogens is 1. The lowest BCUT2D eigenvalue weighted by atomic mass is 10.2. The Kier molecular flexibility index (Phi) is 5.05. The highest BCUT2D eigenvalue weighted by molar-refractivity contribution is 7.10. The number of nitrogens with one attached hydrogen (secondary N) is 1. The number of likely N-dealkylation sites (N-methyl/N-ethyl adjacent to an activating group) is 1. The Hall–Kier alpha value is -1.50. The van der Waals surface area contributed by atoms with Crippen LogP contribution in [0.5, 0.6) is 0 Å². The molecule has 0 saturated heterocycles. The van der Waals surface area contributed by atoms with Crippen molar-refractivity contribution in [2.75, 3.05) is 20.6 Å². The summed E-state index contributed by atoms with van der Waals surface area (Å²) in [4.78, 5) is 15.3. The summed E-state index contributed by atoms with van der Waals surface area (Å²) in [5.74, 6) is -0.252. The summed E-state index contributed by atoms with van der Waals surface area (Å²) >= 11 is 7.31. The second-order valence-corrected chi connectivity index (χ2v) is 5.81. The molecule has 1 atom stereocenters. The minimum Gasteiger partial charge on any atom is -0.349 e. The molecule has 20 heavy (non-hydrogen) atoms. The van der Waals surface area contributed by atoms with Gasteiger partial charge in [-0.1, -0.05) is 17.7 Å². The minimum absolute atomic E-state index is 0.138. The molecular weight excluding hydrogens is 296 g/mol. The molecule has 0 spiro atoms. The number of thiophene rings is 1. The van der Waals surface area contributed by atoms with Gasteiger partial charge in [0.1, 0.15) is 0 Å². The normalized spacial score (nSPS) is 12.4. The SMILES string of the molecule is CN(C)C(CNC(=O)c1ccc(Cl)nn1)c1cccs1. The Bertz CT molecular complexity index is 556. The van der Waals surface area contributed by atoms with Crippen LogP contribution in [0.15, 0.2) is 29.6 Å². The van der Waals surface area contributed by atoms with Gasteiger partial charge in [-0.3, -0.25) is 4.79 Å². The standard InChI is InChI=1S/C13H15ClN4OS/c1-18(2)10(11-4-3-7-20-11)8-15-13(19)9-5-6-12(14)17-16-9/h3-7,10H,8H2,1-2H3,(H,15,19). The Balaban J connectivity index is 1.99. The van der Waals surface area contributed by atoms with Gasteiger partial charge >= 0.3 is 0 Å². The molecule has 0 radical (unpaired) electrons. The maximum absolute atomic E-state index is 12.0. The largest absolute Gasteiger partial charge is 0.349 e. The van der Waals surface area contributed by atoms with Gasteiger partial charge < -0.3 is 10.2 Å². The fourth-order valence-electron chi connectivity index (χ4n) is 1.74. The summed E-state index contributed by atoms with van der Waals surface area (Å²) in [7, 11) is 3.97. The summed E-state index contributed by atoms with van der Waals surface area (Å²) in [6, 6.07) is 7.30. The Morgan fingerprint density at radius 3 is 2.75 bits per heavy atom. The maximum Gasteiger partial charge on any atom is 0.271 e. The van der Waals surface area contributed by atoms with Crippen molar-refractivity contribution in [3.05, 3.63) is 45.4 Å². The molecule has 0 bridgehead atoms. The van der Waals surface area contributed by atoms with Crippen molar-refractivity contribution < 1.29 is 4.79 Å². The van der Waals surface area contributed by atoms with Crippen molar-refractivity contribution in [3.8, 4) is 0 Å². The van der Waals surface area contributed by atoms with E-state index in [9.17, 15) is 4.79 Å². The van der Waals surface area contributed by atoms with Crippen molar-refractivity contribution in [2.24, 2.45) is 0 Å². The number of aromatic nitrogens is 2. The third kappa shape index (κ3) is 3.75. The zero-order chi connectivity index (χ0) is 14.5. The number of hydrogen-bond acceptors (Lipinski definition) is 5. The molecule has 0 aromatic carbocycles. The first kappa shape index (κ1) is 14.9. The first-order valence-corrected chi connectivity index (χ1v) is 7.31. The molecule has 0 saturated carbocycles. The van der Waals surface area contributed by atoms with E-state index in [4.69, 9.17) is 11.6 Å². The van der Waals surface area contributed by atoms with Crippen molar-refractivity contribution in [3.63, 3.8) is 0 Å². The van der Waals surface area contributed by atoms with E-state index in [2.05, 4.69) is 26.5 Å². The molecule has 2 heterocycles. The summed E-state index contributed by atoms with van der Waals surface area (Å²) in [5, 5.41) is 12.6.